The molecular weight excluding hydrogens is 230 g/mol. The predicted molar refractivity (Wildman–Crippen MR) is 66.2 cm³/mol. The molecule has 2 rings (SSSR count). The fourth-order valence-electron chi connectivity index (χ4n) is 1.58. The molecule has 0 amide bonds. The van der Waals surface area contributed by atoms with E-state index in [0.29, 0.717) is 6.54 Å². The average molecular weight is 242 g/mol. The van der Waals surface area contributed by atoms with Gasteiger partial charge in [0.1, 0.15) is 5.75 Å². The van der Waals surface area contributed by atoms with E-state index >= 15 is 0 Å². The van der Waals surface area contributed by atoms with Gasteiger partial charge < -0.3 is 20.3 Å². The zero-order chi connectivity index (χ0) is 13.0. The summed E-state index contributed by atoms with van der Waals surface area (Å²) in [6.07, 6.45) is 0. The van der Waals surface area contributed by atoms with Crippen LogP contribution in [0.15, 0.2) is 48.5 Å². The van der Waals surface area contributed by atoms with Crippen LogP contribution in [-0.2, 0) is 6.54 Å². The molecule has 0 bridgehead atoms. The van der Waals surface area contributed by atoms with Crippen molar-refractivity contribution in [3.8, 4) is 5.75 Å². The van der Waals surface area contributed by atoms with E-state index in [2.05, 4.69) is 5.32 Å². The number of aromatic carboxylic acids is 1. The van der Waals surface area contributed by atoms with Crippen LogP contribution in [0, 0.1) is 0 Å². The van der Waals surface area contributed by atoms with Gasteiger partial charge >= 0.3 is 0 Å². The maximum atomic E-state index is 10.6. The molecule has 0 aliphatic heterocycles. The van der Waals surface area contributed by atoms with Crippen molar-refractivity contribution < 1.29 is 15.0 Å². The van der Waals surface area contributed by atoms with E-state index in [0.717, 1.165) is 11.3 Å². The Morgan fingerprint density at radius 3 is 2.39 bits per heavy atom. The molecule has 0 spiro atoms. The Balaban J connectivity index is 2.02. The fraction of sp³-hybridized carbons (Fsp3) is 0.0714. The summed E-state index contributed by atoms with van der Waals surface area (Å²) >= 11 is 0. The minimum absolute atomic E-state index is 0.142. The van der Waals surface area contributed by atoms with E-state index < -0.39 is 5.97 Å². The van der Waals surface area contributed by atoms with Crippen molar-refractivity contribution in [2.45, 2.75) is 6.54 Å². The van der Waals surface area contributed by atoms with Crippen molar-refractivity contribution in [1.82, 2.24) is 0 Å². The molecule has 4 heteroatoms. The predicted octanol–water partition coefficient (Wildman–Crippen LogP) is 1.37. The summed E-state index contributed by atoms with van der Waals surface area (Å²) in [6.45, 7) is 0.470. The Morgan fingerprint density at radius 1 is 1.11 bits per heavy atom. The highest BCUT2D eigenvalue weighted by molar-refractivity contribution is 5.86. The summed E-state index contributed by atoms with van der Waals surface area (Å²) in [6, 6.07) is 13.3. The molecule has 0 saturated carbocycles. The van der Waals surface area contributed by atoms with Gasteiger partial charge in [0, 0.05) is 17.8 Å². The molecule has 0 atom stereocenters. The maximum absolute atomic E-state index is 10.6. The molecule has 0 aliphatic carbocycles. The van der Waals surface area contributed by atoms with Crippen LogP contribution in [0.4, 0.5) is 5.69 Å². The Hall–Kier alpha value is -2.49. The number of aromatic hydroxyl groups is 1. The van der Waals surface area contributed by atoms with E-state index in [4.69, 9.17) is 0 Å². The molecule has 2 aromatic rings. The molecular formula is C14H12NO3-. The number of anilines is 1. The van der Waals surface area contributed by atoms with Gasteiger partial charge in [-0.05, 0) is 23.8 Å². The Bertz CT molecular complexity index is 549. The monoisotopic (exact) mass is 242 g/mol. The van der Waals surface area contributed by atoms with Gasteiger partial charge in [0.2, 0.25) is 0 Å². The number of carboxylic acids is 1. The van der Waals surface area contributed by atoms with Crippen LogP contribution in [0.3, 0.4) is 0 Å². The number of benzene rings is 2. The van der Waals surface area contributed by atoms with Gasteiger partial charge in [-0.2, -0.15) is 0 Å². The molecule has 2 N–H and O–H groups in total. The topological polar surface area (TPSA) is 72.4 Å². The van der Waals surface area contributed by atoms with Crippen LogP contribution in [0.5, 0.6) is 5.75 Å². The van der Waals surface area contributed by atoms with Crippen LogP contribution in [-0.4, -0.2) is 11.1 Å². The summed E-state index contributed by atoms with van der Waals surface area (Å²) in [5.74, 6) is -0.960. The van der Waals surface area contributed by atoms with Crippen molar-refractivity contribution in [2.75, 3.05) is 5.32 Å². The van der Waals surface area contributed by atoms with Crippen LogP contribution >= 0.6 is 0 Å². The lowest BCUT2D eigenvalue weighted by molar-refractivity contribution is -0.255. The van der Waals surface area contributed by atoms with E-state index in [9.17, 15) is 15.0 Å². The lowest BCUT2D eigenvalue weighted by atomic mass is 10.2. The third-order valence-electron chi connectivity index (χ3n) is 2.60. The normalized spacial score (nSPS) is 10.0. The molecule has 18 heavy (non-hydrogen) atoms. The number of rotatable bonds is 4. The lowest BCUT2D eigenvalue weighted by Crippen LogP contribution is -2.21. The first-order valence-corrected chi connectivity index (χ1v) is 5.49. The molecule has 0 heterocycles. The van der Waals surface area contributed by atoms with E-state index in [1.807, 2.05) is 12.1 Å². The van der Waals surface area contributed by atoms with E-state index in [1.165, 1.54) is 12.1 Å². The molecule has 0 radical (unpaired) electrons. The number of hydrogen-bond donors (Lipinski definition) is 2. The third-order valence-corrected chi connectivity index (χ3v) is 2.60. The second-order valence-electron chi connectivity index (χ2n) is 3.85. The van der Waals surface area contributed by atoms with Gasteiger partial charge in [-0.3, -0.25) is 0 Å². The smallest absolute Gasteiger partial charge is 0.120 e. The van der Waals surface area contributed by atoms with Crippen LogP contribution in [0.1, 0.15) is 15.9 Å². The first-order chi connectivity index (χ1) is 8.66. The highest BCUT2D eigenvalue weighted by Gasteiger charge is 1.99. The lowest BCUT2D eigenvalue weighted by Gasteiger charge is -2.09. The molecule has 0 unspecified atom stereocenters. The highest BCUT2D eigenvalue weighted by atomic mass is 16.4. The summed E-state index contributed by atoms with van der Waals surface area (Å²) in [5, 5.41) is 23.2. The Labute approximate surface area is 105 Å². The number of carbonyl (C=O) groups excluding carboxylic acids is 1. The number of para-hydroxylation sites is 1. The van der Waals surface area contributed by atoms with Crippen molar-refractivity contribution in [1.29, 1.82) is 0 Å². The van der Waals surface area contributed by atoms with Gasteiger partial charge in [-0.25, -0.2) is 0 Å². The van der Waals surface area contributed by atoms with E-state index in [1.54, 1.807) is 24.3 Å². The zero-order valence-electron chi connectivity index (χ0n) is 9.59. The van der Waals surface area contributed by atoms with Crippen molar-refractivity contribution >= 4 is 11.7 Å². The fourth-order valence-corrected chi connectivity index (χ4v) is 1.58. The standard InChI is InChI=1S/C14H13NO3/c16-13-4-2-1-3-11(13)9-15-12-7-5-10(6-8-12)14(17)18/h1-8,15-16H,9H2,(H,17,18)/p-1. The first-order valence-electron chi connectivity index (χ1n) is 5.49. The van der Waals surface area contributed by atoms with Crippen LogP contribution < -0.4 is 10.4 Å². The quantitative estimate of drug-likeness (QED) is 0.849. The minimum Gasteiger partial charge on any atom is -0.545 e. The number of nitrogens with one attached hydrogen (secondary N) is 1. The highest BCUT2D eigenvalue weighted by Crippen LogP contribution is 2.17. The van der Waals surface area contributed by atoms with E-state index in [-0.39, 0.29) is 11.3 Å². The number of phenolic OH excluding ortho intramolecular Hbond substituents is 1. The summed E-state index contributed by atoms with van der Waals surface area (Å²) in [7, 11) is 0. The number of hydrogen-bond acceptors (Lipinski definition) is 4. The molecule has 92 valence electrons. The third kappa shape index (κ3) is 2.79. The summed E-state index contributed by atoms with van der Waals surface area (Å²) < 4.78 is 0. The average Bonchev–Trinajstić information content (AvgIpc) is 2.38. The minimum atomic E-state index is -1.19. The molecule has 2 aromatic carbocycles. The second kappa shape index (κ2) is 5.23. The van der Waals surface area contributed by atoms with Crippen LogP contribution in [0.2, 0.25) is 0 Å². The molecule has 0 saturated heterocycles. The van der Waals surface area contributed by atoms with Gasteiger partial charge in [0.25, 0.3) is 0 Å². The number of phenols is 1. The first kappa shape index (κ1) is 12.0. The Kier molecular flexibility index (Phi) is 3.48. The number of carboxylic acid groups (broad SMARTS) is 1. The van der Waals surface area contributed by atoms with Crippen molar-refractivity contribution in [3.63, 3.8) is 0 Å². The maximum Gasteiger partial charge on any atom is 0.120 e. The van der Waals surface area contributed by atoms with Crippen molar-refractivity contribution in [2.24, 2.45) is 0 Å². The Morgan fingerprint density at radius 2 is 1.78 bits per heavy atom. The summed E-state index contributed by atoms with van der Waals surface area (Å²) in [5.41, 5.74) is 1.70. The van der Waals surface area contributed by atoms with Gasteiger partial charge in [0.05, 0.1) is 5.97 Å². The van der Waals surface area contributed by atoms with Crippen molar-refractivity contribution in [3.05, 3.63) is 59.7 Å². The zero-order valence-corrected chi connectivity index (χ0v) is 9.59. The molecule has 4 nitrogen and oxygen atoms in total. The molecule has 0 fully saturated rings. The molecule has 0 aromatic heterocycles. The number of carbonyl (C=O) groups is 1. The second-order valence-corrected chi connectivity index (χ2v) is 3.85. The molecule has 0 aliphatic rings. The van der Waals surface area contributed by atoms with Gasteiger partial charge in [-0.15, -0.1) is 0 Å². The SMILES string of the molecule is O=C([O-])c1ccc(NCc2ccccc2O)cc1. The largest absolute Gasteiger partial charge is 0.545 e. The van der Waals surface area contributed by atoms with Gasteiger partial charge in [0.15, 0.2) is 0 Å². The van der Waals surface area contributed by atoms with Crippen LogP contribution in [0.25, 0.3) is 0 Å². The summed E-state index contributed by atoms with van der Waals surface area (Å²) in [4.78, 5) is 10.6. The van der Waals surface area contributed by atoms with Gasteiger partial charge in [-0.1, -0.05) is 30.3 Å².